The Labute approximate surface area is 65.3 Å². The number of anilines is 1. The zero-order valence-corrected chi connectivity index (χ0v) is 6.13. The van der Waals surface area contributed by atoms with Crippen LogP contribution in [0.2, 0.25) is 0 Å². The van der Waals surface area contributed by atoms with Gasteiger partial charge in [-0.25, -0.2) is 0 Å². The van der Waals surface area contributed by atoms with Gasteiger partial charge in [-0.05, 0) is 12.1 Å². The fraction of sp³-hybridized carbons (Fsp3) is 0.250. The fourth-order valence-electron chi connectivity index (χ4n) is 1.08. The Balaban J connectivity index is 2.33. The highest BCUT2D eigenvalue weighted by Gasteiger charge is 2.04. The van der Waals surface area contributed by atoms with E-state index in [4.69, 9.17) is 4.84 Å². The molecule has 0 spiro atoms. The molecule has 3 nitrogen and oxygen atoms in total. The van der Waals surface area contributed by atoms with Crippen molar-refractivity contribution < 1.29 is 4.84 Å². The van der Waals surface area contributed by atoms with Crippen LogP contribution in [-0.4, -0.2) is 13.1 Å². The highest BCUT2D eigenvalue weighted by atomic mass is 16.6. The summed E-state index contributed by atoms with van der Waals surface area (Å²) in [6, 6.07) is 7.87. The van der Waals surface area contributed by atoms with Gasteiger partial charge in [0.1, 0.15) is 0 Å². The van der Waals surface area contributed by atoms with Crippen molar-refractivity contribution in [2.24, 2.45) is 0 Å². The summed E-state index contributed by atoms with van der Waals surface area (Å²) in [6.45, 7) is 1.73. The Bertz CT molecular complexity index is 225. The van der Waals surface area contributed by atoms with E-state index in [0.29, 0.717) is 0 Å². The Morgan fingerprint density at radius 2 is 2.09 bits per heavy atom. The summed E-state index contributed by atoms with van der Waals surface area (Å²) >= 11 is 0. The number of fused-ring (bicyclic) bond motifs is 1. The van der Waals surface area contributed by atoms with Crippen LogP contribution in [0, 0.1) is 0 Å². The molecule has 0 aliphatic carbocycles. The van der Waals surface area contributed by atoms with E-state index in [1.165, 1.54) is 0 Å². The standard InChI is InChI=1S/C8H10N2O/c1-2-4-8-7(3-1)9-5-6-10-11-8/h1-4,9-10H,5-6H2. The number of rotatable bonds is 0. The van der Waals surface area contributed by atoms with Crippen molar-refractivity contribution >= 4 is 5.69 Å². The molecule has 3 heteroatoms. The van der Waals surface area contributed by atoms with Gasteiger partial charge in [0.15, 0.2) is 5.75 Å². The first kappa shape index (κ1) is 6.49. The van der Waals surface area contributed by atoms with E-state index >= 15 is 0 Å². The molecule has 0 radical (unpaired) electrons. The maximum atomic E-state index is 5.24. The van der Waals surface area contributed by atoms with Gasteiger partial charge >= 0.3 is 0 Å². The second-order valence-corrected chi connectivity index (χ2v) is 2.42. The lowest BCUT2D eigenvalue weighted by molar-refractivity contribution is 0.207. The molecule has 58 valence electrons. The minimum absolute atomic E-state index is 0.828. The molecule has 0 aromatic heterocycles. The Morgan fingerprint density at radius 1 is 1.18 bits per heavy atom. The van der Waals surface area contributed by atoms with E-state index in [1.54, 1.807) is 0 Å². The first-order valence-corrected chi connectivity index (χ1v) is 3.69. The predicted octanol–water partition coefficient (Wildman–Crippen LogP) is 0.995. The molecule has 1 aliphatic rings. The molecule has 0 amide bonds. The van der Waals surface area contributed by atoms with Gasteiger partial charge < -0.3 is 10.2 Å². The zero-order chi connectivity index (χ0) is 7.52. The van der Waals surface area contributed by atoms with Crippen molar-refractivity contribution in [3.63, 3.8) is 0 Å². The Hall–Kier alpha value is -1.22. The summed E-state index contributed by atoms with van der Waals surface area (Å²) in [5, 5.41) is 3.24. The van der Waals surface area contributed by atoms with Crippen molar-refractivity contribution in [1.29, 1.82) is 0 Å². The quantitative estimate of drug-likeness (QED) is 0.578. The first-order valence-electron chi connectivity index (χ1n) is 3.69. The average molecular weight is 150 g/mol. The predicted molar refractivity (Wildman–Crippen MR) is 43.6 cm³/mol. The van der Waals surface area contributed by atoms with Crippen LogP contribution >= 0.6 is 0 Å². The molecule has 2 rings (SSSR count). The summed E-state index contributed by atoms with van der Waals surface area (Å²) in [6.07, 6.45) is 0. The molecule has 0 unspecified atom stereocenters. The number of para-hydroxylation sites is 2. The molecular weight excluding hydrogens is 140 g/mol. The topological polar surface area (TPSA) is 33.3 Å². The molecular formula is C8H10N2O. The van der Waals surface area contributed by atoms with Crippen LogP contribution in [0.5, 0.6) is 5.75 Å². The van der Waals surface area contributed by atoms with Gasteiger partial charge in [-0.15, -0.1) is 0 Å². The second kappa shape index (κ2) is 2.80. The van der Waals surface area contributed by atoms with E-state index in [-0.39, 0.29) is 0 Å². The van der Waals surface area contributed by atoms with Crippen LogP contribution in [0.4, 0.5) is 5.69 Å². The first-order chi connectivity index (χ1) is 5.47. The highest BCUT2D eigenvalue weighted by Crippen LogP contribution is 2.23. The third kappa shape index (κ3) is 1.28. The van der Waals surface area contributed by atoms with Gasteiger partial charge in [0.2, 0.25) is 0 Å². The van der Waals surface area contributed by atoms with E-state index in [2.05, 4.69) is 10.8 Å². The van der Waals surface area contributed by atoms with Gasteiger partial charge in [0.05, 0.1) is 5.69 Å². The molecule has 1 aliphatic heterocycles. The fourth-order valence-corrected chi connectivity index (χ4v) is 1.08. The summed E-state index contributed by atoms with van der Waals surface area (Å²) in [5.74, 6) is 0.866. The third-order valence-corrected chi connectivity index (χ3v) is 1.61. The summed E-state index contributed by atoms with van der Waals surface area (Å²) < 4.78 is 0. The SMILES string of the molecule is c1ccc2c(c1)NCCNO2. The zero-order valence-electron chi connectivity index (χ0n) is 6.13. The summed E-state index contributed by atoms with van der Waals surface area (Å²) in [4.78, 5) is 5.24. The maximum absolute atomic E-state index is 5.24. The third-order valence-electron chi connectivity index (χ3n) is 1.61. The molecule has 0 fully saturated rings. The van der Waals surface area contributed by atoms with Crippen LogP contribution < -0.4 is 15.6 Å². The molecule has 11 heavy (non-hydrogen) atoms. The number of benzene rings is 1. The molecule has 0 bridgehead atoms. The molecule has 0 saturated carbocycles. The van der Waals surface area contributed by atoms with Gasteiger partial charge in [-0.3, -0.25) is 0 Å². The van der Waals surface area contributed by atoms with Gasteiger partial charge in [-0.2, -0.15) is 5.48 Å². The maximum Gasteiger partial charge on any atom is 0.170 e. The van der Waals surface area contributed by atoms with Crippen LogP contribution in [0.25, 0.3) is 0 Å². The largest absolute Gasteiger partial charge is 0.406 e. The lowest BCUT2D eigenvalue weighted by Crippen LogP contribution is -2.21. The second-order valence-electron chi connectivity index (χ2n) is 2.42. The van der Waals surface area contributed by atoms with Gasteiger partial charge in [0, 0.05) is 13.1 Å². The van der Waals surface area contributed by atoms with E-state index in [0.717, 1.165) is 24.5 Å². The molecule has 2 N–H and O–H groups in total. The van der Waals surface area contributed by atoms with Gasteiger partial charge in [-0.1, -0.05) is 12.1 Å². The van der Waals surface area contributed by atoms with Crippen molar-refractivity contribution in [2.45, 2.75) is 0 Å². The van der Waals surface area contributed by atoms with E-state index in [9.17, 15) is 0 Å². The lowest BCUT2D eigenvalue weighted by Gasteiger charge is -2.04. The normalized spacial score (nSPS) is 15.6. The molecule has 0 saturated heterocycles. The Kier molecular flexibility index (Phi) is 1.65. The van der Waals surface area contributed by atoms with Crippen molar-refractivity contribution in [3.8, 4) is 5.75 Å². The van der Waals surface area contributed by atoms with Gasteiger partial charge in [0.25, 0.3) is 0 Å². The number of hydroxylamine groups is 1. The lowest BCUT2D eigenvalue weighted by atomic mass is 10.3. The van der Waals surface area contributed by atoms with Crippen LogP contribution in [0.15, 0.2) is 24.3 Å². The summed E-state index contributed by atoms with van der Waals surface area (Å²) in [7, 11) is 0. The van der Waals surface area contributed by atoms with Crippen LogP contribution in [0.3, 0.4) is 0 Å². The Morgan fingerprint density at radius 3 is 3.09 bits per heavy atom. The highest BCUT2D eigenvalue weighted by molar-refractivity contribution is 5.56. The molecule has 0 atom stereocenters. The number of nitrogens with one attached hydrogen (secondary N) is 2. The van der Waals surface area contributed by atoms with Crippen molar-refractivity contribution in [2.75, 3.05) is 18.4 Å². The number of hydrogen-bond donors (Lipinski definition) is 2. The minimum Gasteiger partial charge on any atom is -0.406 e. The molecule has 1 aromatic rings. The van der Waals surface area contributed by atoms with Crippen LogP contribution in [0.1, 0.15) is 0 Å². The van der Waals surface area contributed by atoms with Crippen molar-refractivity contribution in [1.82, 2.24) is 5.48 Å². The monoisotopic (exact) mass is 150 g/mol. The summed E-state index contributed by atoms with van der Waals surface area (Å²) in [5.41, 5.74) is 3.89. The number of hydrogen-bond acceptors (Lipinski definition) is 3. The molecule has 1 aromatic carbocycles. The molecule has 1 heterocycles. The van der Waals surface area contributed by atoms with Crippen molar-refractivity contribution in [3.05, 3.63) is 24.3 Å². The van der Waals surface area contributed by atoms with E-state index < -0.39 is 0 Å². The smallest absolute Gasteiger partial charge is 0.170 e. The minimum atomic E-state index is 0.828. The van der Waals surface area contributed by atoms with E-state index in [1.807, 2.05) is 24.3 Å². The average Bonchev–Trinajstić information content (AvgIpc) is 2.28. The van der Waals surface area contributed by atoms with Crippen LogP contribution in [-0.2, 0) is 0 Å².